The molecule has 0 saturated carbocycles. The van der Waals surface area contributed by atoms with Crippen molar-refractivity contribution in [2.45, 2.75) is 19.0 Å². The van der Waals surface area contributed by atoms with Crippen LogP contribution >= 0.6 is 11.8 Å². The number of para-hydroxylation sites is 1. The van der Waals surface area contributed by atoms with Crippen molar-refractivity contribution in [1.82, 2.24) is 20.2 Å². The number of nitrogens with one attached hydrogen (secondary N) is 1. The lowest BCUT2D eigenvalue weighted by Crippen LogP contribution is -2.19. The Morgan fingerprint density at radius 2 is 1.69 bits per heavy atom. The maximum absolute atomic E-state index is 12.4. The summed E-state index contributed by atoms with van der Waals surface area (Å²) in [6, 6.07) is 23.9. The highest BCUT2D eigenvalue weighted by Crippen LogP contribution is 2.28. The van der Waals surface area contributed by atoms with Gasteiger partial charge in [0, 0.05) is 23.0 Å². The van der Waals surface area contributed by atoms with Gasteiger partial charge in [-0.3, -0.25) is 9.36 Å². The molecule has 1 heterocycles. The van der Waals surface area contributed by atoms with Crippen molar-refractivity contribution in [2.75, 3.05) is 12.9 Å². The maximum Gasteiger partial charge on any atom is 0.250 e. The number of allylic oxidation sites excluding steroid dienone is 1. The number of aryl methyl sites for hydroxylation is 2. The molecule has 182 valence electrons. The summed E-state index contributed by atoms with van der Waals surface area (Å²) in [5.41, 5.74) is 7.70. The lowest BCUT2D eigenvalue weighted by atomic mass is 10.1. The summed E-state index contributed by atoms with van der Waals surface area (Å²) < 4.78 is 7.29. The zero-order chi connectivity index (χ0) is 25.3. The first-order valence-corrected chi connectivity index (χ1v) is 12.4. The van der Waals surface area contributed by atoms with E-state index in [4.69, 9.17) is 4.74 Å². The fourth-order valence-electron chi connectivity index (χ4n) is 3.45. The van der Waals surface area contributed by atoms with Crippen LogP contribution in [0.5, 0.6) is 5.75 Å². The Kier molecular flexibility index (Phi) is 8.31. The summed E-state index contributed by atoms with van der Waals surface area (Å²) in [6.45, 7) is 4.09. The molecule has 0 aliphatic heterocycles. The van der Waals surface area contributed by atoms with E-state index in [2.05, 4.69) is 20.7 Å². The van der Waals surface area contributed by atoms with Gasteiger partial charge in [0.2, 0.25) is 0 Å². The van der Waals surface area contributed by atoms with Gasteiger partial charge in [0.1, 0.15) is 5.75 Å². The third kappa shape index (κ3) is 6.28. The number of benzene rings is 3. The molecule has 0 aliphatic rings. The topological polar surface area (TPSA) is 81.4 Å². The molecule has 1 aromatic heterocycles. The minimum Gasteiger partial charge on any atom is -0.496 e. The van der Waals surface area contributed by atoms with Crippen LogP contribution in [0.15, 0.2) is 89.1 Å². The second kappa shape index (κ2) is 12.0. The van der Waals surface area contributed by atoms with Gasteiger partial charge in [0.05, 0.1) is 12.9 Å². The fraction of sp³-hybridized carbons (Fsp3) is 0.143. The molecular formula is C28H27N5O2S. The number of methoxy groups -OCH3 is 1. The van der Waals surface area contributed by atoms with Gasteiger partial charge >= 0.3 is 0 Å². The van der Waals surface area contributed by atoms with Crippen molar-refractivity contribution >= 4 is 30.0 Å². The Balaban J connectivity index is 1.44. The number of hydrogen-bond donors (Lipinski definition) is 1. The van der Waals surface area contributed by atoms with E-state index in [1.165, 1.54) is 23.5 Å². The van der Waals surface area contributed by atoms with Gasteiger partial charge in [-0.1, -0.05) is 77.5 Å². The number of thioether (sulfide) groups is 1. The highest BCUT2D eigenvalue weighted by Gasteiger charge is 2.17. The van der Waals surface area contributed by atoms with E-state index in [9.17, 15) is 4.79 Å². The summed E-state index contributed by atoms with van der Waals surface area (Å²) >= 11 is 1.31. The number of carbonyl (C=O) groups is 1. The van der Waals surface area contributed by atoms with Gasteiger partial charge in [-0.25, -0.2) is 5.43 Å². The standard InChI is InChI=1S/C28H27N5O2S/c1-20-10-14-23(15-11-20)27-31-32-28(33(27)24-16-12-21(2)13-17-24)36-19-26(34)30-29-18-6-8-22-7-4-5-9-25(22)35-3/h4-18H,19H2,1-3H3,(H,30,34)/b8-6+,29-18+. The van der Waals surface area contributed by atoms with Crippen molar-refractivity contribution in [3.63, 3.8) is 0 Å². The molecule has 36 heavy (non-hydrogen) atoms. The second-order valence-corrected chi connectivity index (χ2v) is 8.99. The summed E-state index contributed by atoms with van der Waals surface area (Å²) in [7, 11) is 1.63. The summed E-state index contributed by atoms with van der Waals surface area (Å²) in [5, 5.41) is 13.4. The van der Waals surface area contributed by atoms with Gasteiger partial charge in [0.25, 0.3) is 5.91 Å². The molecule has 7 nitrogen and oxygen atoms in total. The van der Waals surface area contributed by atoms with Crippen molar-refractivity contribution in [3.8, 4) is 22.8 Å². The quantitative estimate of drug-likeness (QED) is 0.188. The van der Waals surface area contributed by atoms with Crippen LogP contribution in [0.3, 0.4) is 0 Å². The molecule has 0 radical (unpaired) electrons. The molecule has 0 bridgehead atoms. The number of aromatic nitrogens is 3. The van der Waals surface area contributed by atoms with Crippen LogP contribution in [-0.4, -0.2) is 39.7 Å². The molecule has 1 amide bonds. The van der Waals surface area contributed by atoms with Crippen LogP contribution < -0.4 is 10.2 Å². The zero-order valence-electron chi connectivity index (χ0n) is 20.4. The normalized spacial score (nSPS) is 11.3. The van der Waals surface area contributed by atoms with Crippen LogP contribution in [0.4, 0.5) is 0 Å². The van der Waals surface area contributed by atoms with Gasteiger partial charge in [0.15, 0.2) is 11.0 Å². The van der Waals surface area contributed by atoms with E-state index in [1.807, 2.05) is 97.3 Å². The van der Waals surface area contributed by atoms with E-state index in [1.54, 1.807) is 13.2 Å². The summed E-state index contributed by atoms with van der Waals surface area (Å²) in [4.78, 5) is 12.4. The number of hydrazone groups is 1. The van der Waals surface area contributed by atoms with Crippen LogP contribution in [-0.2, 0) is 4.79 Å². The summed E-state index contributed by atoms with van der Waals surface area (Å²) in [5.74, 6) is 1.40. The van der Waals surface area contributed by atoms with Crippen molar-refractivity contribution in [2.24, 2.45) is 5.10 Å². The molecule has 0 aliphatic carbocycles. The minimum atomic E-state index is -0.239. The predicted molar refractivity (Wildman–Crippen MR) is 146 cm³/mol. The molecule has 0 fully saturated rings. The van der Waals surface area contributed by atoms with Crippen molar-refractivity contribution < 1.29 is 9.53 Å². The first-order valence-electron chi connectivity index (χ1n) is 11.4. The SMILES string of the molecule is COc1ccccc1/C=C/C=N/NC(=O)CSc1nnc(-c2ccc(C)cc2)n1-c1ccc(C)cc1. The fourth-order valence-corrected chi connectivity index (χ4v) is 4.19. The first-order chi connectivity index (χ1) is 17.5. The van der Waals surface area contributed by atoms with E-state index in [0.29, 0.717) is 5.16 Å². The summed E-state index contributed by atoms with van der Waals surface area (Å²) in [6.07, 6.45) is 5.13. The minimum absolute atomic E-state index is 0.144. The van der Waals surface area contributed by atoms with E-state index < -0.39 is 0 Å². The molecule has 4 rings (SSSR count). The predicted octanol–water partition coefficient (Wildman–Crippen LogP) is 5.47. The molecule has 0 atom stereocenters. The maximum atomic E-state index is 12.4. The third-order valence-corrected chi connectivity index (χ3v) is 6.26. The Hall–Kier alpha value is -4.17. The largest absolute Gasteiger partial charge is 0.496 e. The molecule has 1 N–H and O–H groups in total. The van der Waals surface area contributed by atoms with Crippen molar-refractivity contribution in [1.29, 1.82) is 0 Å². The third-order valence-electron chi connectivity index (χ3n) is 5.33. The molecule has 0 spiro atoms. The van der Waals surface area contributed by atoms with Gasteiger partial charge < -0.3 is 4.74 Å². The van der Waals surface area contributed by atoms with Gasteiger partial charge in [-0.15, -0.1) is 10.2 Å². The van der Waals surface area contributed by atoms with Gasteiger partial charge in [-0.2, -0.15) is 5.10 Å². The Bertz CT molecular complexity index is 1380. The number of amides is 1. The number of carbonyl (C=O) groups excluding carboxylic acids is 1. The number of nitrogens with zero attached hydrogens (tertiary/aromatic N) is 4. The number of rotatable bonds is 9. The first kappa shape index (κ1) is 24.9. The smallest absolute Gasteiger partial charge is 0.250 e. The molecule has 0 saturated heterocycles. The lowest BCUT2D eigenvalue weighted by molar-refractivity contribution is -0.118. The number of hydrogen-bond acceptors (Lipinski definition) is 6. The van der Waals surface area contributed by atoms with E-state index >= 15 is 0 Å². The average molecular weight is 498 g/mol. The van der Waals surface area contributed by atoms with E-state index in [0.717, 1.165) is 34.0 Å². The Morgan fingerprint density at radius 1 is 1.00 bits per heavy atom. The Morgan fingerprint density at radius 3 is 2.42 bits per heavy atom. The van der Waals surface area contributed by atoms with Crippen molar-refractivity contribution in [3.05, 3.63) is 95.6 Å². The van der Waals surface area contributed by atoms with Crippen LogP contribution in [0.25, 0.3) is 23.2 Å². The zero-order valence-corrected chi connectivity index (χ0v) is 21.2. The van der Waals surface area contributed by atoms with Crippen LogP contribution in [0.1, 0.15) is 16.7 Å². The highest BCUT2D eigenvalue weighted by atomic mass is 32.2. The molecular weight excluding hydrogens is 470 g/mol. The Labute approximate surface area is 214 Å². The van der Waals surface area contributed by atoms with Gasteiger partial charge in [-0.05, 0) is 44.2 Å². The highest BCUT2D eigenvalue weighted by molar-refractivity contribution is 7.99. The molecule has 3 aromatic carbocycles. The monoisotopic (exact) mass is 497 g/mol. The van der Waals surface area contributed by atoms with Crippen LogP contribution in [0.2, 0.25) is 0 Å². The molecule has 4 aromatic rings. The second-order valence-electron chi connectivity index (χ2n) is 8.05. The van der Waals surface area contributed by atoms with Crippen LogP contribution in [0, 0.1) is 13.8 Å². The molecule has 0 unspecified atom stereocenters. The lowest BCUT2D eigenvalue weighted by Gasteiger charge is -2.11. The molecule has 8 heteroatoms. The number of ether oxygens (including phenoxy) is 1. The average Bonchev–Trinajstić information content (AvgIpc) is 3.32. The van der Waals surface area contributed by atoms with E-state index in [-0.39, 0.29) is 11.7 Å².